The second-order valence-electron chi connectivity index (χ2n) is 16.8. The number of anilines is 4. The molecule has 60 heavy (non-hydrogen) atoms. The predicted octanol–water partition coefficient (Wildman–Crippen LogP) is 4.21. The van der Waals surface area contributed by atoms with Gasteiger partial charge in [0.1, 0.15) is 29.5 Å². The molecule has 0 spiro atoms. The van der Waals surface area contributed by atoms with Gasteiger partial charge in [0, 0.05) is 56.4 Å². The molecule has 4 N–H and O–H groups in total. The second kappa shape index (κ2) is 18.8. The van der Waals surface area contributed by atoms with Gasteiger partial charge in [0.25, 0.3) is 5.91 Å². The maximum Gasteiger partial charge on any atom is 0.330 e. The van der Waals surface area contributed by atoms with Crippen LogP contribution in [0.2, 0.25) is 0 Å². The highest BCUT2D eigenvalue weighted by Gasteiger charge is 2.41. The Balaban J connectivity index is 1.27. The van der Waals surface area contributed by atoms with Gasteiger partial charge in [-0.05, 0) is 89.1 Å². The van der Waals surface area contributed by atoms with E-state index in [1.54, 1.807) is 70.5 Å². The number of aryl methyl sites for hydroxylation is 2. The van der Waals surface area contributed by atoms with E-state index in [1.165, 1.54) is 14.7 Å². The first-order valence-corrected chi connectivity index (χ1v) is 20.5. The zero-order chi connectivity index (χ0) is 44.1. The third-order valence-corrected chi connectivity index (χ3v) is 10.7. The zero-order valence-corrected chi connectivity index (χ0v) is 36.4. The number of fused-ring (bicyclic) bond motifs is 1. The van der Waals surface area contributed by atoms with Crippen molar-refractivity contribution in [2.24, 2.45) is 5.92 Å². The first-order chi connectivity index (χ1) is 28.3. The molecule has 1 aromatic carbocycles. The third-order valence-electron chi connectivity index (χ3n) is 10.7. The monoisotopic (exact) mass is 825 g/mol. The van der Waals surface area contributed by atoms with Gasteiger partial charge in [0.2, 0.25) is 29.6 Å². The van der Waals surface area contributed by atoms with Crippen LogP contribution in [-0.4, -0.2) is 112 Å². The number of likely N-dealkylation sites (tertiary alicyclic amines) is 1. The average Bonchev–Trinajstić information content (AvgIpc) is 3.70. The summed E-state index contributed by atoms with van der Waals surface area (Å²) in [6.45, 7) is 13.1. The lowest BCUT2D eigenvalue weighted by Crippen LogP contribution is -2.62. The minimum Gasteiger partial charge on any atom is -0.347 e. The van der Waals surface area contributed by atoms with Gasteiger partial charge < -0.3 is 31.1 Å². The first-order valence-electron chi connectivity index (χ1n) is 20.5. The number of carbonyl (C=O) groups excluding carboxylic acids is 6. The van der Waals surface area contributed by atoms with Gasteiger partial charge in [-0.25, -0.2) is 9.78 Å². The summed E-state index contributed by atoms with van der Waals surface area (Å²) in [4.78, 5) is 101. The smallest absolute Gasteiger partial charge is 0.330 e. The maximum absolute atomic E-state index is 14.1. The highest BCUT2D eigenvalue weighted by Crippen LogP contribution is 2.33. The summed E-state index contributed by atoms with van der Waals surface area (Å²) in [5, 5.41) is 11.6. The lowest BCUT2D eigenvalue weighted by atomic mass is 9.99. The van der Waals surface area contributed by atoms with E-state index in [0.29, 0.717) is 67.4 Å². The highest BCUT2D eigenvalue weighted by atomic mass is 16.2. The minimum absolute atomic E-state index is 0.134. The van der Waals surface area contributed by atoms with Crippen molar-refractivity contribution < 1.29 is 28.8 Å². The van der Waals surface area contributed by atoms with Crippen LogP contribution in [0.1, 0.15) is 93.9 Å². The molecule has 17 heteroatoms. The fourth-order valence-electron chi connectivity index (χ4n) is 7.35. The summed E-state index contributed by atoms with van der Waals surface area (Å²) in [5.74, 6) is -1.26. The van der Waals surface area contributed by atoms with Crippen LogP contribution in [0.25, 0.3) is 0 Å². The minimum atomic E-state index is -1.39. The molecule has 2 aromatic heterocycles. The highest BCUT2D eigenvalue weighted by molar-refractivity contribution is 6.07. The van der Waals surface area contributed by atoms with Gasteiger partial charge in [-0.2, -0.15) is 4.98 Å². The molecule has 5 rings (SSSR count). The molecule has 7 amide bonds. The van der Waals surface area contributed by atoms with Crippen LogP contribution in [0.15, 0.2) is 42.7 Å². The standard InChI is InChI=1S/C43H59N11O6/c1-11-13-31(39(58)53-19-12-14-33(53)37(56)50-43(6,7)40(59)48-32(20-25(2)3)38(57)51(8)9)47-36(55)28-17-15-26(4)34(21-28)54-24-29-22-45-41(49-35(29)52(10)42(54)60)46-30-18-16-27(5)44-23-30/h15-18,21-23,25,31-33H,11-14,19-20,24H2,1-10H3,(H,47,55)(H,48,59)(H,50,56)(H,45,46,49)/t31-,32-,33-/m0/s1. The first kappa shape index (κ1) is 45.0. The van der Waals surface area contributed by atoms with Crippen LogP contribution in [-0.2, 0) is 25.7 Å². The SMILES string of the molecule is CCC[C@H](NC(=O)c1ccc(C)c(N2Cc3cnc(Nc4ccc(C)nc4)nc3N(C)C2=O)c1)C(=O)N1CCC[C@H]1C(=O)NC(C)(C)C(=O)N[C@@H](CC(C)C)C(=O)N(C)C. The van der Waals surface area contributed by atoms with E-state index in [1.807, 2.05) is 46.8 Å². The van der Waals surface area contributed by atoms with Crippen molar-refractivity contribution in [2.45, 2.75) is 111 Å². The average molecular weight is 826 g/mol. The molecule has 0 radical (unpaired) electrons. The van der Waals surface area contributed by atoms with E-state index in [2.05, 4.69) is 36.2 Å². The number of carbonyl (C=O) groups is 6. The van der Waals surface area contributed by atoms with E-state index in [9.17, 15) is 28.8 Å². The van der Waals surface area contributed by atoms with E-state index in [-0.39, 0.29) is 30.0 Å². The van der Waals surface area contributed by atoms with E-state index in [0.717, 1.165) is 11.3 Å². The van der Waals surface area contributed by atoms with Crippen LogP contribution in [0.5, 0.6) is 0 Å². The van der Waals surface area contributed by atoms with Gasteiger partial charge in [0.15, 0.2) is 0 Å². The van der Waals surface area contributed by atoms with Gasteiger partial charge in [-0.15, -0.1) is 0 Å². The van der Waals surface area contributed by atoms with Crippen LogP contribution >= 0.6 is 0 Å². The van der Waals surface area contributed by atoms with Crippen molar-refractivity contribution in [3.63, 3.8) is 0 Å². The number of rotatable bonds is 15. The number of benzene rings is 1. The van der Waals surface area contributed by atoms with Gasteiger partial charge >= 0.3 is 6.03 Å². The summed E-state index contributed by atoms with van der Waals surface area (Å²) in [6, 6.07) is 5.86. The van der Waals surface area contributed by atoms with E-state index in [4.69, 9.17) is 0 Å². The lowest BCUT2D eigenvalue weighted by Gasteiger charge is -2.35. The fraction of sp³-hybridized carbons (Fsp3) is 0.512. The number of urea groups is 1. The second-order valence-corrected chi connectivity index (χ2v) is 16.8. The molecule has 322 valence electrons. The molecule has 3 atom stereocenters. The Morgan fingerprint density at radius 3 is 2.37 bits per heavy atom. The Kier molecular flexibility index (Phi) is 14.1. The normalized spacial score (nSPS) is 16.2. The number of nitrogens with zero attached hydrogens (tertiary/aromatic N) is 7. The van der Waals surface area contributed by atoms with Crippen LogP contribution in [0.4, 0.5) is 27.9 Å². The molecular weight excluding hydrogens is 767 g/mol. The largest absolute Gasteiger partial charge is 0.347 e. The molecule has 4 heterocycles. The van der Waals surface area contributed by atoms with Gasteiger partial charge in [0.05, 0.1) is 18.4 Å². The predicted molar refractivity (Wildman–Crippen MR) is 229 cm³/mol. The van der Waals surface area contributed by atoms with Crippen molar-refractivity contribution in [3.05, 3.63) is 65.1 Å². The van der Waals surface area contributed by atoms with E-state index >= 15 is 0 Å². The van der Waals surface area contributed by atoms with Crippen molar-refractivity contribution in [3.8, 4) is 0 Å². The Labute approximate surface area is 352 Å². The van der Waals surface area contributed by atoms with Crippen LogP contribution < -0.4 is 31.1 Å². The molecule has 3 aromatic rings. The Morgan fingerprint density at radius 1 is 0.983 bits per heavy atom. The summed E-state index contributed by atoms with van der Waals surface area (Å²) in [6.07, 6.45) is 5.61. The molecule has 2 aliphatic rings. The number of nitrogens with one attached hydrogen (secondary N) is 4. The fourth-order valence-corrected chi connectivity index (χ4v) is 7.35. The number of pyridine rings is 1. The Morgan fingerprint density at radius 2 is 1.72 bits per heavy atom. The number of aromatic nitrogens is 3. The molecule has 1 saturated heterocycles. The van der Waals surface area contributed by atoms with Crippen molar-refractivity contribution in [2.75, 3.05) is 42.8 Å². The molecular formula is C43H59N11O6. The summed E-state index contributed by atoms with van der Waals surface area (Å²) < 4.78 is 0. The Bertz CT molecular complexity index is 2100. The molecule has 2 aliphatic heterocycles. The topological polar surface area (TPSA) is 202 Å². The lowest BCUT2D eigenvalue weighted by molar-refractivity contribution is -0.142. The number of amides is 7. The molecule has 0 bridgehead atoms. The molecule has 0 saturated carbocycles. The van der Waals surface area contributed by atoms with Gasteiger partial charge in [-0.3, -0.25) is 38.8 Å². The van der Waals surface area contributed by atoms with E-state index < -0.39 is 47.3 Å². The molecule has 1 fully saturated rings. The number of likely N-dealkylation sites (N-methyl/N-ethyl adjacent to an activating group) is 1. The quantitative estimate of drug-likeness (QED) is 0.172. The number of hydrogen-bond acceptors (Lipinski definition) is 10. The van der Waals surface area contributed by atoms with Gasteiger partial charge in [-0.1, -0.05) is 33.3 Å². The maximum atomic E-state index is 14.1. The molecule has 17 nitrogen and oxygen atoms in total. The third kappa shape index (κ3) is 10.4. The van der Waals surface area contributed by atoms with Crippen LogP contribution in [0, 0.1) is 19.8 Å². The summed E-state index contributed by atoms with van der Waals surface area (Å²) in [5.41, 5.74) is 2.41. The number of hydrogen-bond donors (Lipinski definition) is 4. The summed E-state index contributed by atoms with van der Waals surface area (Å²) in [7, 11) is 4.88. The van der Waals surface area contributed by atoms with Crippen LogP contribution in [0.3, 0.4) is 0 Å². The molecule has 0 unspecified atom stereocenters. The van der Waals surface area contributed by atoms with Crippen molar-refractivity contribution >= 4 is 58.7 Å². The summed E-state index contributed by atoms with van der Waals surface area (Å²) >= 11 is 0. The zero-order valence-electron chi connectivity index (χ0n) is 36.4. The molecule has 0 aliphatic carbocycles. The van der Waals surface area contributed by atoms with Crippen molar-refractivity contribution in [1.29, 1.82) is 0 Å². The van der Waals surface area contributed by atoms with Crippen molar-refractivity contribution in [1.82, 2.24) is 40.7 Å². The Hall–Kier alpha value is -6.13.